The molecular formula is C63H63N8O16P. The Morgan fingerprint density at radius 3 is 1.91 bits per heavy atom. The van der Waals surface area contributed by atoms with Crippen LogP contribution in [0, 0.1) is 24.2 Å². The highest BCUT2D eigenvalue weighted by Gasteiger charge is 2.48. The molecule has 0 radical (unpaired) electrons. The molecule has 7 atom stereocenters. The molecule has 0 bridgehead atoms. The lowest BCUT2D eigenvalue weighted by molar-refractivity contribution is -0.118. The van der Waals surface area contributed by atoms with Gasteiger partial charge < -0.3 is 33.2 Å². The Bertz CT molecular complexity index is 3940. The molecule has 10 rings (SSSR count). The molecule has 1 unspecified atom stereocenters. The first kappa shape index (κ1) is 61.9. The fourth-order valence-corrected chi connectivity index (χ4v) is 11.4. The molecule has 8 aromatic rings. The van der Waals surface area contributed by atoms with Crippen molar-refractivity contribution < 1.29 is 65.7 Å². The number of phosphoric acid groups is 1. The molecule has 3 aromatic heterocycles. The van der Waals surface area contributed by atoms with E-state index in [4.69, 9.17) is 46.7 Å². The average Bonchev–Trinajstić information content (AvgIpc) is 1.15. The van der Waals surface area contributed by atoms with E-state index in [2.05, 4.69) is 20.3 Å². The molecule has 25 heteroatoms. The number of methoxy groups -OCH3 is 2. The van der Waals surface area contributed by atoms with Crippen LogP contribution in [0.1, 0.15) is 88.5 Å². The molecule has 24 nitrogen and oxygen atoms in total. The largest absolute Gasteiger partial charge is 0.497 e. The summed E-state index contributed by atoms with van der Waals surface area (Å²) in [5.41, 5.74) is -0.500. The van der Waals surface area contributed by atoms with E-state index >= 15 is 4.57 Å². The minimum absolute atomic E-state index is 0.0148. The van der Waals surface area contributed by atoms with Crippen molar-refractivity contribution in [2.45, 2.75) is 82.5 Å². The van der Waals surface area contributed by atoms with Crippen molar-refractivity contribution in [2.75, 3.05) is 46.5 Å². The number of aromatic nitrogens is 6. The normalized spacial score (nSPS) is 19.0. The van der Waals surface area contributed by atoms with E-state index in [1.54, 1.807) is 81.2 Å². The van der Waals surface area contributed by atoms with Crippen molar-refractivity contribution in [1.82, 2.24) is 28.7 Å². The number of ether oxygens (including phenoxy) is 7. The topological polar surface area (TPSA) is 284 Å². The maximum absolute atomic E-state index is 15.3. The predicted molar refractivity (Wildman–Crippen MR) is 317 cm³/mol. The zero-order valence-corrected chi connectivity index (χ0v) is 49.7. The van der Waals surface area contributed by atoms with Crippen molar-refractivity contribution in [3.8, 4) is 23.4 Å². The van der Waals surface area contributed by atoms with Crippen LogP contribution in [0.2, 0.25) is 0 Å². The predicted octanol–water partition coefficient (Wildman–Crippen LogP) is 8.72. The van der Waals surface area contributed by atoms with Gasteiger partial charge in [-0.25, -0.2) is 19.1 Å². The van der Waals surface area contributed by atoms with Gasteiger partial charge in [-0.15, -0.1) is 0 Å². The number of nitrogens with one attached hydrogen (secondary N) is 1. The molecule has 2 fully saturated rings. The van der Waals surface area contributed by atoms with Crippen molar-refractivity contribution in [1.29, 1.82) is 5.26 Å². The Labute approximate surface area is 505 Å². The molecular weight excluding hydrogens is 1160 g/mol. The van der Waals surface area contributed by atoms with Crippen LogP contribution in [0.3, 0.4) is 0 Å². The van der Waals surface area contributed by atoms with Crippen LogP contribution in [0.25, 0.3) is 11.2 Å². The number of imidazole rings is 1. The van der Waals surface area contributed by atoms with Crippen LogP contribution in [0.5, 0.6) is 17.4 Å². The third-order valence-electron chi connectivity index (χ3n) is 14.9. The Kier molecular flexibility index (Phi) is 19.2. The van der Waals surface area contributed by atoms with Gasteiger partial charge in [0.15, 0.2) is 11.2 Å². The van der Waals surface area contributed by atoms with Gasteiger partial charge in [0, 0.05) is 43.2 Å². The van der Waals surface area contributed by atoms with Crippen LogP contribution in [0.15, 0.2) is 162 Å². The first-order chi connectivity index (χ1) is 42.6. The van der Waals surface area contributed by atoms with E-state index in [9.17, 15) is 29.2 Å². The minimum atomic E-state index is -4.78. The van der Waals surface area contributed by atoms with E-state index in [-0.39, 0.29) is 78.1 Å². The summed E-state index contributed by atoms with van der Waals surface area (Å²) >= 11 is 0. The molecule has 0 spiro atoms. The minimum Gasteiger partial charge on any atom is -0.497 e. The Morgan fingerprint density at radius 2 is 1.32 bits per heavy atom. The number of rotatable bonds is 24. The van der Waals surface area contributed by atoms with Crippen LogP contribution < -0.4 is 30.8 Å². The van der Waals surface area contributed by atoms with Gasteiger partial charge in [-0.3, -0.25) is 42.4 Å². The second-order valence-corrected chi connectivity index (χ2v) is 22.5. The second-order valence-electron chi connectivity index (χ2n) is 20.8. The average molecular weight is 1220 g/mol. The SMILES string of the molecule is COc1ccc(C(OC[C@H]2O[C@@H](n3cnc4c(OCCC#N)nc(NC(=O)C(C)C)nc43)C[C@@H]2OP(=O)(OC)OC[C@H]2O[C@@H](n3cc(C)c(=O)n(C(=O)c4ccccc4)c3=O)C[C@@H]2OC(=O)c2ccccc2)(c2ccccc2)c2ccc(OC)cc2)cc1. The second kappa shape index (κ2) is 27.2. The molecule has 2 aliphatic rings. The van der Waals surface area contributed by atoms with Gasteiger partial charge in [-0.1, -0.05) is 105 Å². The summed E-state index contributed by atoms with van der Waals surface area (Å²) in [6.07, 6.45) is -4.68. The highest BCUT2D eigenvalue weighted by atomic mass is 31.2. The van der Waals surface area contributed by atoms with Crippen LogP contribution >= 0.6 is 7.82 Å². The third kappa shape index (κ3) is 13.2. The smallest absolute Gasteiger partial charge is 0.474 e. The molecule has 0 aliphatic carbocycles. The summed E-state index contributed by atoms with van der Waals surface area (Å²) in [6, 6.07) is 42.3. The monoisotopic (exact) mass is 1220 g/mol. The fourth-order valence-electron chi connectivity index (χ4n) is 10.3. The van der Waals surface area contributed by atoms with E-state index < -0.39 is 85.9 Å². The molecule has 2 aliphatic heterocycles. The lowest BCUT2D eigenvalue weighted by atomic mass is 9.80. The molecule has 456 valence electrons. The molecule has 5 heterocycles. The highest BCUT2D eigenvalue weighted by Crippen LogP contribution is 2.54. The Hall–Kier alpha value is -9.18. The molecule has 5 aromatic carbocycles. The maximum Gasteiger partial charge on any atom is 0.474 e. The maximum atomic E-state index is 15.3. The number of anilines is 1. The van der Waals surface area contributed by atoms with Gasteiger partial charge >= 0.3 is 19.5 Å². The number of amides is 1. The number of nitrogens with zero attached hydrogens (tertiary/aromatic N) is 7. The molecule has 1 amide bonds. The number of carbonyl (C=O) groups is 3. The molecule has 2 saturated heterocycles. The standard InChI is InChI=1S/C63H63N8O16P/c1-39(2)56(72)67-61-66-55-54(57(68-61)81-32-16-31-64)65-38-70(55)53-34-49(50(84-53)36-82-63(43-21-14-9-15-22-43,44-23-27-46(78-4)28-24-44)45-25-29-47(79-5)30-26-45)87-88(77,80-6)83-37-51-48(86-60(75)42-19-12-8-13-20-42)33-52(85-51)69-35-40(3)58(73)71(62(69)76)59(74)41-17-10-7-11-18-41/h7-15,17-30,35,38-39,48-53H,16,32-34,36-37H2,1-6H3,(H,66,67,68,72)/t48-,49-,50+,51+,52+,53+,88?/m0/s1. The van der Waals surface area contributed by atoms with Crippen molar-refractivity contribution in [3.05, 3.63) is 206 Å². The van der Waals surface area contributed by atoms with Crippen molar-refractivity contribution >= 4 is 42.7 Å². The summed E-state index contributed by atoms with van der Waals surface area (Å²) in [4.78, 5) is 82.0. The number of hydrogen-bond donors (Lipinski definition) is 1. The van der Waals surface area contributed by atoms with Crippen LogP contribution in [-0.2, 0) is 47.5 Å². The zero-order chi connectivity index (χ0) is 62.1. The Balaban J connectivity index is 1.01. The third-order valence-corrected chi connectivity index (χ3v) is 16.3. The van der Waals surface area contributed by atoms with Gasteiger partial charge in [0.2, 0.25) is 17.7 Å². The van der Waals surface area contributed by atoms with Gasteiger partial charge in [0.25, 0.3) is 11.5 Å². The molecule has 1 N–H and O–H groups in total. The fraction of sp³-hybridized carbons (Fsp3) is 0.317. The summed E-state index contributed by atoms with van der Waals surface area (Å²) in [5, 5.41) is 12.1. The van der Waals surface area contributed by atoms with Crippen molar-refractivity contribution in [2.24, 2.45) is 5.92 Å². The van der Waals surface area contributed by atoms with Gasteiger partial charge in [-0.2, -0.15) is 19.8 Å². The number of phosphoric ester groups is 1. The number of hydrogen-bond acceptors (Lipinski definition) is 20. The van der Waals surface area contributed by atoms with Gasteiger partial charge in [-0.05, 0) is 72.1 Å². The van der Waals surface area contributed by atoms with Gasteiger partial charge in [0.1, 0.15) is 60.6 Å². The highest BCUT2D eigenvalue weighted by molar-refractivity contribution is 7.48. The number of esters is 1. The molecule has 88 heavy (non-hydrogen) atoms. The van der Waals surface area contributed by atoms with Crippen LogP contribution in [-0.4, -0.2) is 112 Å². The lowest BCUT2D eigenvalue weighted by Crippen LogP contribution is -2.45. The summed E-state index contributed by atoms with van der Waals surface area (Å²) in [7, 11) is -0.525. The van der Waals surface area contributed by atoms with E-state index in [0.29, 0.717) is 27.2 Å². The van der Waals surface area contributed by atoms with Crippen molar-refractivity contribution in [3.63, 3.8) is 0 Å². The van der Waals surface area contributed by atoms with Gasteiger partial charge in [0.05, 0.1) is 51.8 Å². The van der Waals surface area contributed by atoms with E-state index in [1.807, 2.05) is 84.9 Å². The van der Waals surface area contributed by atoms with Crippen LogP contribution in [0.4, 0.5) is 5.95 Å². The summed E-state index contributed by atoms with van der Waals surface area (Å²) in [5.74, 6) is -1.39. The summed E-state index contributed by atoms with van der Waals surface area (Å²) < 4.78 is 80.6. The lowest BCUT2D eigenvalue weighted by Gasteiger charge is -2.37. The first-order valence-corrected chi connectivity index (χ1v) is 29.6. The summed E-state index contributed by atoms with van der Waals surface area (Å²) in [6.45, 7) is 3.90. The first-order valence-electron chi connectivity index (χ1n) is 28.1. The van der Waals surface area contributed by atoms with E-state index in [1.165, 1.54) is 31.6 Å². The number of benzene rings is 5. The number of nitriles is 1. The Morgan fingerprint density at radius 1 is 0.750 bits per heavy atom. The quantitative estimate of drug-likeness (QED) is 0.0256. The zero-order valence-electron chi connectivity index (χ0n) is 48.8. The number of carbonyl (C=O) groups excluding carboxylic acids is 3. The number of aryl methyl sites for hydroxylation is 1. The molecule has 0 saturated carbocycles. The number of fused-ring (bicyclic) bond motifs is 1. The van der Waals surface area contributed by atoms with E-state index in [0.717, 1.165) is 17.2 Å².